The van der Waals surface area contributed by atoms with Crippen molar-refractivity contribution in [3.05, 3.63) is 72.8 Å². The van der Waals surface area contributed by atoms with Gasteiger partial charge in [0, 0.05) is 12.8 Å². The van der Waals surface area contributed by atoms with Gasteiger partial charge in [-0.1, -0.05) is 100 Å². The second-order valence-corrected chi connectivity index (χ2v) is 14.5. The van der Waals surface area contributed by atoms with Crippen LogP contribution in [0.3, 0.4) is 0 Å². The van der Waals surface area contributed by atoms with Gasteiger partial charge in [-0.2, -0.15) is 0 Å². The van der Waals surface area contributed by atoms with Gasteiger partial charge >= 0.3 is 5.97 Å². The molecule has 6 heteroatoms. The number of ketones is 1. The standard InChI is InChI=1S/C30H42O5Si/c1-30(2,3)36(27-18-12-9-13-19-27,28-20-14-10-15-21-28)35-24-26(32)23-25(31)17-11-7-5-6-8-16-22-29(33)34-4/h9-15,17-21,26,32H,5-8,16,22-24H2,1-4H3/b17-11+/t26-/m0/s1. The number of hydrogen-bond donors (Lipinski definition) is 1. The van der Waals surface area contributed by atoms with E-state index < -0.39 is 14.4 Å². The molecule has 2 rings (SSSR count). The molecular weight excluding hydrogens is 468 g/mol. The number of esters is 1. The van der Waals surface area contributed by atoms with Crippen molar-refractivity contribution in [2.45, 2.75) is 76.9 Å². The van der Waals surface area contributed by atoms with E-state index in [2.05, 4.69) is 49.8 Å². The molecule has 2 aromatic rings. The number of unbranched alkanes of at least 4 members (excludes halogenated alkanes) is 4. The van der Waals surface area contributed by atoms with Crippen molar-refractivity contribution in [2.24, 2.45) is 0 Å². The minimum atomic E-state index is -2.74. The lowest BCUT2D eigenvalue weighted by Gasteiger charge is -2.43. The summed E-state index contributed by atoms with van der Waals surface area (Å²) in [4.78, 5) is 23.5. The topological polar surface area (TPSA) is 72.8 Å². The van der Waals surface area contributed by atoms with Gasteiger partial charge in [0.2, 0.25) is 0 Å². The van der Waals surface area contributed by atoms with Gasteiger partial charge < -0.3 is 14.3 Å². The summed E-state index contributed by atoms with van der Waals surface area (Å²) in [6.45, 7) is 6.67. The third-order valence-electron chi connectivity index (χ3n) is 6.38. The van der Waals surface area contributed by atoms with E-state index in [1.54, 1.807) is 6.08 Å². The SMILES string of the molecule is COC(=O)CCCCCC/C=C/C(=O)C[C@H](O)CO[Si](c1ccccc1)(c1ccccc1)C(C)(C)C. The molecule has 0 fully saturated rings. The normalized spacial score (nSPS) is 13.0. The van der Waals surface area contributed by atoms with E-state index >= 15 is 0 Å². The van der Waals surface area contributed by atoms with E-state index in [9.17, 15) is 14.7 Å². The van der Waals surface area contributed by atoms with Crippen LogP contribution in [0.2, 0.25) is 5.04 Å². The lowest BCUT2D eigenvalue weighted by molar-refractivity contribution is -0.140. The minimum absolute atomic E-state index is 0.0355. The van der Waals surface area contributed by atoms with Gasteiger partial charge in [-0.05, 0) is 40.8 Å². The molecule has 0 radical (unpaired) electrons. The smallest absolute Gasteiger partial charge is 0.305 e. The number of carbonyl (C=O) groups excluding carboxylic acids is 2. The monoisotopic (exact) mass is 510 g/mol. The van der Waals surface area contributed by atoms with Crippen molar-refractivity contribution in [1.29, 1.82) is 0 Å². The molecule has 0 bridgehead atoms. The van der Waals surface area contributed by atoms with Crippen LogP contribution >= 0.6 is 0 Å². The Bertz CT molecular complexity index is 911. The first-order chi connectivity index (χ1) is 17.2. The molecular formula is C30H42O5Si. The maximum absolute atomic E-state index is 12.4. The van der Waals surface area contributed by atoms with Crippen LogP contribution in [0.5, 0.6) is 0 Å². The van der Waals surface area contributed by atoms with Crippen LogP contribution in [0.15, 0.2) is 72.8 Å². The van der Waals surface area contributed by atoms with Gasteiger partial charge in [0.05, 0.1) is 19.8 Å². The molecule has 0 saturated heterocycles. The van der Waals surface area contributed by atoms with E-state index in [1.807, 2.05) is 42.5 Å². The van der Waals surface area contributed by atoms with Crippen molar-refractivity contribution >= 4 is 30.4 Å². The maximum Gasteiger partial charge on any atom is 0.305 e. The van der Waals surface area contributed by atoms with Crippen LogP contribution in [-0.4, -0.2) is 45.0 Å². The number of methoxy groups -OCH3 is 1. The number of benzene rings is 2. The molecule has 36 heavy (non-hydrogen) atoms. The first-order valence-corrected chi connectivity index (χ1v) is 14.8. The Labute approximate surface area is 217 Å². The van der Waals surface area contributed by atoms with Crippen molar-refractivity contribution in [3.63, 3.8) is 0 Å². The van der Waals surface area contributed by atoms with Crippen molar-refractivity contribution in [2.75, 3.05) is 13.7 Å². The highest BCUT2D eigenvalue weighted by molar-refractivity contribution is 6.99. The van der Waals surface area contributed by atoms with E-state index in [0.29, 0.717) is 6.42 Å². The summed E-state index contributed by atoms with van der Waals surface area (Å²) in [7, 11) is -1.33. The van der Waals surface area contributed by atoms with E-state index in [-0.39, 0.29) is 29.8 Å². The fourth-order valence-corrected chi connectivity index (χ4v) is 9.14. The lowest BCUT2D eigenvalue weighted by atomic mass is 10.1. The number of aliphatic hydroxyl groups is 1. The van der Waals surface area contributed by atoms with Crippen LogP contribution < -0.4 is 10.4 Å². The first kappa shape index (κ1) is 29.7. The van der Waals surface area contributed by atoms with Crippen molar-refractivity contribution in [3.8, 4) is 0 Å². The Morgan fingerprint density at radius 1 is 0.917 bits per heavy atom. The predicted octanol–water partition coefficient (Wildman–Crippen LogP) is 4.95. The molecule has 0 aliphatic carbocycles. The summed E-state index contributed by atoms with van der Waals surface area (Å²) in [5.41, 5.74) is 0. The zero-order valence-electron chi connectivity index (χ0n) is 22.2. The van der Waals surface area contributed by atoms with Crippen molar-refractivity contribution < 1.29 is 23.9 Å². The van der Waals surface area contributed by atoms with Gasteiger partial charge in [-0.25, -0.2) is 0 Å². The maximum atomic E-state index is 12.4. The molecule has 0 aliphatic heterocycles. The molecule has 2 aromatic carbocycles. The predicted molar refractivity (Wildman–Crippen MR) is 148 cm³/mol. The summed E-state index contributed by atoms with van der Waals surface area (Å²) >= 11 is 0. The molecule has 0 amide bonds. The number of hydrogen-bond acceptors (Lipinski definition) is 5. The van der Waals surface area contributed by atoms with Crippen molar-refractivity contribution in [1.82, 2.24) is 0 Å². The Morgan fingerprint density at radius 2 is 1.47 bits per heavy atom. The Morgan fingerprint density at radius 3 is 2.00 bits per heavy atom. The van der Waals surface area contributed by atoms with Crippen LogP contribution in [-0.2, 0) is 18.8 Å². The van der Waals surface area contributed by atoms with E-state index in [1.165, 1.54) is 7.11 Å². The molecule has 1 N–H and O–H groups in total. The zero-order chi connectivity index (χ0) is 26.4. The number of allylic oxidation sites excluding steroid dienone is 2. The molecule has 196 valence electrons. The van der Waals surface area contributed by atoms with Gasteiger partial charge in [0.1, 0.15) is 0 Å². The molecule has 1 atom stereocenters. The minimum Gasteiger partial charge on any atom is -0.469 e. The quantitative estimate of drug-likeness (QED) is 0.159. The van der Waals surface area contributed by atoms with Gasteiger partial charge in [0.25, 0.3) is 8.32 Å². The molecule has 0 spiro atoms. The van der Waals surface area contributed by atoms with Gasteiger partial charge in [0.15, 0.2) is 5.78 Å². The first-order valence-electron chi connectivity index (χ1n) is 12.9. The highest BCUT2D eigenvalue weighted by Crippen LogP contribution is 2.36. The third-order valence-corrected chi connectivity index (χ3v) is 11.4. The largest absolute Gasteiger partial charge is 0.469 e. The number of carbonyl (C=O) groups is 2. The second-order valence-electron chi connectivity index (χ2n) is 10.2. The van der Waals surface area contributed by atoms with Gasteiger partial charge in [-0.3, -0.25) is 9.59 Å². The Hall–Kier alpha value is -2.54. The average molecular weight is 511 g/mol. The zero-order valence-corrected chi connectivity index (χ0v) is 23.2. The number of rotatable bonds is 15. The Kier molecular flexibility index (Phi) is 12.3. The lowest BCUT2D eigenvalue weighted by Crippen LogP contribution is -2.67. The summed E-state index contributed by atoms with van der Waals surface area (Å²) in [6, 6.07) is 20.5. The summed E-state index contributed by atoms with van der Waals surface area (Å²) < 4.78 is 11.3. The highest BCUT2D eigenvalue weighted by Gasteiger charge is 2.50. The summed E-state index contributed by atoms with van der Waals surface area (Å²) in [5, 5.41) is 12.8. The molecule has 0 heterocycles. The van der Waals surface area contributed by atoms with Crippen LogP contribution in [0, 0.1) is 0 Å². The number of ether oxygens (including phenoxy) is 1. The van der Waals surface area contributed by atoms with Crippen LogP contribution in [0.25, 0.3) is 0 Å². The molecule has 0 unspecified atom stereocenters. The fraction of sp³-hybridized carbons (Fsp3) is 0.467. The van der Waals surface area contributed by atoms with E-state index in [0.717, 1.165) is 42.5 Å². The average Bonchev–Trinajstić information content (AvgIpc) is 2.86. The number of aliphatic hydroxyl groups excluding tert-OH is 1. The van der Waals surface area contributed by atoms with Gasteiger partial charge in [-0.15, -0.1) is 0 Å². The second kappa shape index (κ2) is 14.9. The third kappa shape index (κ3) is 8.84. The highest BCUT2D eigenvalue weighted by atomic mass is 28.4. The molecule has 0 saturated carbocycles. The summed E-state index contributed by atoms with van der Waals surface area (Å²) in [6.07, 6.45) is 7.63. The fourth-order valence-electron chi connectivity index (χ4n) is 4.54. The Balaban J connectivity index is 1.94. The van der Waals surface area contributed by atoms with Crippen LogP contribution in [0.4, 0.5) is 0 Å². The molecule has 0 aliphatic rings. The van der Waals surface area contributed by atoms with E-state index in [4.69, 9.17) is 4.43 Å². The molecule has 5 nitrogen and oxygen atoms in total. The molecule has 0 aromatic heterocycles. The van der Waals surface area contributed by atoms with Crippen LogP contribution in [0.1, 0.15) is 65.7 Å². The summed E-state index contributed by atoms with van der Waals surface area (Å²) in [5.74, 6) is -0.266.